The molecule has 0 bridgehead atoms. The van der Waals surface area contributed by atoms with Crippen LogP contribution in [0.2, 0.25) is 5.02 Å². The summed E-state index contributed by atoms with van der Waals surface area (Å²) in [4.78, 5) is 29.5. The second-order valence-electron chi connectivity index (χ2n) is 10.4. The fraction of sp³-hybridized carbons (Fsp3) is 0.312. The molecule has 208 valence electrons. The van der Waals surface area contributed by atoms with Crippen LogP contribution in [0.4, 0.5) is 0 Å². The lowest BCUT2D eigenvalue weighted by Crippen LogP contribution is -2.31. The lowest BCUT2D eigenvalue weighted by molar-refractivity contribution is 0.0730. The molecule has 0 saturated carbocycles. The van der Waals surface area contributed by atoms with Gasteiger partial charge in [0.15, 0.2) is 16.9 Å². The van der Waals surface area contributed by atoms with Crippen LogP contribution in [0.3, 0.4) is 0 Å². The van der Waals surface area contributed by atoms with Crippen LogP contribution in [0.25, 0.3) is 11.0 Å². The largest absolute Gasteiger partial charge is 0.497 e. The van der Waals surface area contributed by atoms with E-state index in [9.17, 15) is 9.59 Å². The Bertz CT molecular complexity index is 1630. The average molecular weight is 562 g/mol. The summed E-state index contributed by atoms with van der Waals surface area (Å²) in [5, 5.41) is 0.804. The molecule has 1 unspecified atom stereocenters. The summed E-state index contributed by atoms with van der Waals surface area (Å²) in [6.07, 6.45) is 0.575. The van der Waals surface area contributed by atoms with Crippen molar-refractivity contribution in [1.82, 2.24) is 4.90 Å². The molecule has 2 heterocycles. The van der Waals surface area contributed by atoms with Gasteiger partial charge < -0.3 is 23.5 Å². The van der Waals surface area contributed by atoms with Gasteiger partial charge in [-0.05, 0) is 72.4 Å². The number of methoxy groups -OCH3 is 2. The van der Waals surface area contributed by atoms with Crippen molar-refractivity contribution in [2.24, 2.45) is 5.92 Å². The highest BCUT2D eigenvalue weighted by atomic mass is 35.5. The first-order chi connectivity index (χ1) is 19.2. The SMILES string of the molecule is COc1ccc(CCN2C(=O)c3oc4cc(C)c(Cl)cc4c(=O)c3C2c2ccc(OCC(C)C)c(OC)c2)cc1. The molecule has 5 rings (SSSR count). The van der Waals surface area contributed by atoms with Crippen LogP contribution in [-0.4, -0.2) is 38.2 Å². The van der Waals surface area contributed by atoms with Crippen LogP contribution >= 0.6 is 11.6 Å². The third-order valence-electron chi connectivity index (χ3n) is 7.12. The number of hydrogen-bond acceptors (Lipinski definition) is 6. The zero-order valence-electron chi connectivity index (χ0n) is 23.2. The highest BCUT2D eigenvalue weighted by Crippen LogP contribution is 2.41. The Hall–Kier alpha value is -3.97. The number of hydrogen-bond donors (Lipinski definition) is 0. The zero-order valence-corrected chi connectivity index (χ0v) is 24.0. The van der Waals surface area contributed by atoms with E-state index < -0.39 is 6.04 Å². The van der Waals surface area contributed by atoms with Crippen LogP contribution in [0.1, 0.15) is 52.7 Å². The lowest BCUT2D eigenvalue weighted by Gasteiger charge is -2.26. The molecule has 40 heavy (non-hydrogen) atoms. The van der Waals surface area contributed by atoms with E-state index in [0.29, 0.717) is 58.5 Å². The monoisotopic (exact) mass is 561 g/mol. The molecule has 0 aliphatic carbocycles. The van der Waals surface area contributed by atoms with Gasteiger partial charge in [0.05, 0.1) is 37.8 Å². The van der Waals surface area contributed by atoms with E-state index in [2.05, 4.69) is 13.8 Å². The zero-order chi connectivity index (χ0) is 28.6. The minimum Gasteiger partial charge on any atom is -0.497 e. The maximum Gasteiger partial charge on any atom is 0.290 e. The van der Waals surface area contributed by atoms with Gasteiger partial charge in [0.2, 0.25) is 5.76 Å². The average Bonchev–Trinajstić information content (AvgIpc) is 3.23. The molecule has 0 radical (unpaired) electrons. The summed E-state index contributed by atoms with van der Waals surface area (Å²) in [6, 6.07) is 15.9. The third-order valence-corrected chi connectivity index (χ3v) is 7.53. The lowest BCUT2D eigenvalue weighted by atomic mass is 9.97. The molecule has 0 spiro atoms. The minimum absolute atomic E-state index is 0.0538. The third kappa shape index (κ3) is 5.13. The van der Waals surface area contributed by atoms with Crippen LogP contribution in [0.5, 0.6) is 17.2 Å². The highest BCUT2D eigenvalue weighted by molar-refractivity contribution is 6.32. The number of amides is 1. The van der Waals surface area contributed by atoms with Gasteiger partial charge in [-0.3, -0.25) is 9.59 Å². The molecule has 1 aliphatic rings. The normalized spacial score (nSPS) is 14.6. The number of carbonyl (C=O) groups is 1. The van der Waals surface area contributed by atoms with Crippen LogP contribution < -0.4 is 19.6 Å². The smallest absolute Gasteiger partial charge is 0.290 e. The van der Waals surface area contributed by atoms with E-state index in [0.717, 1.165) is 22.4 Å². The molecule has 0 N–H and O–H groups in total. The number of rotatable bonds is 9. The molecule has 1 amide bonds. The van der Waals surface area contributed by atoms with Crippen molar-refractivity contribution in [2.75, 3.05) is 27.4 Å². The van der Waals surface area contributed by atoms with Crippen molar-refractivity contribution >= 4 is 28.5 Å². The summed E-state index contributed by atoms with van der Waals surface area (Å²) in [5.41, 5.74) is 2.88. The van der Waals surface area contributed by atoms with Gasteiger partial charge in [-0.1, -0.05) is 43.6 Å². The summed E-state index contributed by atoms with van der Waals surface area (Å²) >= 11 is 6.37. The van der Waals surface area contributed by atoms with E-state index in [-0.39, 0.29) is 17.1 Å². The molecule has 4 aromatic rings. The fourth-order valence-electron chi connectivity index (χ4n) is 4.99. The Labute approximate surface area is 238 Å². The topological polar surface area (TPSA) is 78.2 Å². The molecule has 8 heteroatoms. The second kappa shape index (κ2) is 11.3. The van der Waals surface area contributed by atoms with Crippen molar-refractivity contribution in [2.45, 2.75) is 33.2 Å². The molecule has 0 saturated heterocycles. The standard InChI is InChI=1S/C32H32ClNO6/c1-18(2)17-39-25-11-8-21(15-27(25)38-5)29-28-30(35)23-16-24(33)19(3)14-26(23)40-31(28)32(36)34(29)13-12-20-6-9-22(37-4)10-7-20/h6-11,14-16,18,29H,12-13,17H2,1-5H3. The van der Waals surface area contributed by atoms with Gasteiger partial charge in [-0.2, -0.15) is 0 Å². The van der Waals surface area contributed by atoms with E-state index >= 15 is 0 Å². The van der Waals surface area contributed by atoms with Gasteiger partial charge in [0, 0.05) is 11.6 Å². The fourth-order valence-corrected chi connectivity index (χ4v) is 5.15. The molecule has 1 aromatic heterocycles. The van der Waals surface area contributed by atoms with Crippen molar-refractivity contribution in [1.29, 1.82) is 0 Å². The quantitative estimate of drug-likeness (QED) is 0.229. The first-order valence-corrected chi connectivity index (χ1v) is 13.6. The Morgan fingerprint density at radius 2 is 1.73 bits per heavy atom. The summed E-state index contributed by atoms with van der Waals surface area (Å²) in [6.45, 7) is 6.86. The van der Waals surface area contributed by atoms with Crippen LogP contribution in [0, 0.1) is 12.8 Å². The van der Waals surface area contributed by atoms with E-state index in [4.69, 9.17) is 30.2 Å². The number of aryl methyl sites for hydroxylation is 1. The molecule has 1 aliphatic heterocycles. The maximum absolute atomic E-state index is 13.9. The Morgan fingerprint density at radius 1 is 0.975 bits per heavy atom. The summed E-state index contributed by atoms with van der Waals surface area (Å²) in [5.74, 6) is 1.94. The molecule has 0 fully saturated rings. The highest BCUT2D eigenvalue weighted by Gasteiger charge is 2.43. The van der Waals surface area contributed by atoms with Gasteiger partial charge in [-0.25, -0.2) is 0 Å². The Balaban J connectivity index is 1.61. The first-order valence-electron chi connectivity index (χ1n) is 13.2. The van der Waals surface area contributed by atoms with E-state index in [1.807, 2.05) is 49.4 Å². The van der Waals surface area contributed by atoms with E-state index in [1.165, 1.54) is 0 Å². The first kappa shape index (κ1) is 27.6. The minimum atomic E-state index is -0.672. The van der Waals surface area contributed by atoms with E-state index in [1.54, 1.807) is 31.3 Å². The predicted molar refractivity (Wildman–Crippen MR) is 155 cm³/mol. The maximum atomic E-state index is 13.9. The number of nitrogens with zero attached hydrogens (tertiary/aromatic N) is 1. The second-order valence-corrected chi connectivity index (χ2v) is 10.8. The summed E-state index contributed by atoms with van der Waals surface area (Å²) in [7, 11) is 3.19. The van der Waals surface area contributed by atoms with Gasteiger partial charge >= 0.3 is 0 Å². The number of fused-ring (bicyclic) bond motifs is 2. The van der Waals surface area contributed by atoms with Crippen LogP contribution in [-0.2, 0) is 6.42 Å². The van der Waals surface area contributed by atoms with Crippen molar-refractivity contribution in [3.05, 3.63) is 97.9 Å². The Morgan fingerprint density at radius 3 is 2.40 bits per heavy atom. The van der Waals surface area contributed by atoms with Crippen molar-refractivity contribution in [3.8, 4) is 17.2 Å². The number of ether oxygens (including phenoxy) is 3. The Kier molecular flexibility index (Phi) is 7.76. The van der Waals surface area contributed by atoms with Gasteiger partial charge in [-0.15, -0.1) is 0 Å². The van der Waals surface area contributed by atoms with Crippen molar-refractivity contribution in [3.63, 3.8) is 0 Å². The number of halogens is 1. The molecular weight excluding hydrogens is 530 g/mol. The van der Waals surface area contributed by atoms with Gasteiger partial charge in [0.25, 0.3) is 5.91 Å². The molecule has 3 aromatic carbocycles. The predicted octanol–water partition coefficient (Wildman–Crippen LogP) is 6.59. The molecule has 1 atom stereocenters. The van der Waals surface area contributed by atoms with Gasteiger partial charge in [0.1, 0.15) is 11.3 Å². The molecular formula is C32H32ClNO6. The van der Waals surface area contributed by atoms with Crippen molar-refractivity contribution < 1.29 is 23.4 Å². The number of benzene rings is 3. The molecule has 7 nitrogen and oxygen atoms in total. The van der Waals surface area contributed by atoms with Crippen LogP contribution in [0.15, 0.2) is 63.8 Å². The summed E-state index contributed by atoms with van der Waals surface area (Å²) < 4.78 is 23.0. The number of carbonyl (C=O) groups excluding carboxylic acids is 1.